The Kier molecular flexibility index (Phi) is 4.62. The number of aromatic nitrogens is 1. The van der Waals surface area contributed by atoms with Crippen LogP contribution in [-0.2, 0) is 4.74 Å². The van der Waals surface area contributed by atoms with E-state index in [1.807, 2.05) is 6.07 Å². The molecule has 2 heterocycles. The smallest absolute Gasteiger partial charge is 0.129 e. The third-order valence-corrected chi connectivity index (χ3v) is 2.30. The number of rotatable bonds is 1. The Balaban J connectivity index is 0.000000980. The topological polar surface area (TPSA) is 34.1 Å². The van der Waals surface area contributed by atoms with Crippen molar-refractivity contribution >= 4 is 24.0 Å². The van der Waals surface area contributed by atoms with Gasteiger partial charge in [0.15, 0.2) is 0 Å². The van der Waals surface area contributed by atoms with E-state index in [2.05, 4.69) is 10.3 Å². The van der Waals surface area contributed by atoms with E-state index < -0.39 is 0 Å². The minimum Gasteiger partial charge on any atom is -0.378 e. The van der Waals surface area contributed by atoms with Crippen LogP contribution in [0.5, 0.6) is 0 Å². The Morgan fingerprint density at radius 3 is 2.93 bits per heavy atom. The Bertz CT molecular complexity index is 273. The Hall–Kier alpha value is -0.350. The lowest BCUT2D eigenvalue weighted by Gasteiger charge is -2.23. The normalized spacial score (nSPS) is 21.4. The Labute approximate surface area is 94.2 Å². The predicted octanol–water partition coefficient (Wildman–Crippen LogP) is 1.82. The largest absolute Gasteiger partial charge is 0.378 e. The van der Waals surface area contributed by atoms with Gasteiger partial charge >= 0.3 is 0 Å². The van der Waals surface area contributed by atoms with Crippen LogP contribution in [0, 0.1) is 0 Å². The third kappa shape index (κ3) is 2.82. The van der Waals surface area contributed by atoms with Gasteiger partial charge in [0.1, 0.15) is 5.15 Å². The van der Waals surface area contributed by atoms with Gasteiger partial charge in [0.05, 0.1) is 19.3 Å². The number of nitrogens with zero attached hydrogens (tertiary/aromatic N) is 1. The summed E-state index contributed by atoms with van der Waals surface area (Å²) >= 11 is 5.69. The van der Waals surface area contributed by atoms with Gasteiger partial charge in [0.25, 0.3) is 0 Å². The zero-order valence-corrected chi connectivity index (χ0v) is 9.14. The van der Waals surface area contributed by atoms with Gasteiger partial charge in [0, 0.05) is 12.7 Å². The van der Waals surface area contributed by atoms with Gasteiger partial charge in [-0.1, -0.05) is 17.7 Å². The highest BCUT2D eigenvalue weighted by atomic mass is 35.5. The molecule has 2 rings (SSSR count). The van der Waals surface area contributed by atoms with Crippen molar-refractivity contribution < 1.29 is 4.74 Å². The molecule has 0 unspecified atom stereocenters. The molecule has 5 heteroatoms. The van der Waals surface area contributed by atoms with Crippen molar-refractivity contribution in [1.82, 2.24) is 10.3 Å². The summed E-state index contributed by atoms with van der Waals surface area (Å²) in [5.74, 6) is 0. The first-order valence-electron chi connectivity index (χ1n) is 4.29. The van der Waals surface area contributed by atoms with Crippen molar-refractivity contribution in [2.75, 3.05) is 19.8 Å². The minimum atomic E-state index is 0. The summed E-state index contributed by atoms with van der Waals surface area (Å²) in [7, 11) is 0. The van der Waals surface area contributed by atoms with Gasteiger partial charge < -0.3 is 10.1 Å². The molecule has 0 spiro atoms. The average molecular weight is 235 g/mol. The van der Waals surface area contributed by atoms with E-state index in [0.29, 0.717) is 11.8 Å². The first-order valence-corrected chi connectivity index (χ1v) is 4.66. The molecular weight excluding hydrogens is 223 g/mol. The van der Waals surface area contributed by atoms with E-state index in [9.17, 15) is 0 Å². The quantitative estimate of drug-likeness (QED) is 0.754. The summed E-state index contributed by atoms with van der Waals surface area (Å²) in [4.78, 5) is 4.02. The number of pyridine rings is 1. The summed E-state index contributed by atoms with van der Waals surface area (Å²) < 4.78 is 5.34. The molecule has 0 radical (unpaired) electrons. The van der Waals surface area contributed by atoms with E-state index >= 15 is 0 Å². The van der Waals surface area contributed by atoms with Crippen LogP contribution in [0.4, 0.5) is 0 Å². The van der Waals surface area contributed by atoms with Crippen LogP contribution < -0.4 is 5.32 Å². The molecule has 1 atom stereocenters. The molecule has 1 fully saturated rings. The average Bonchev–Trinajstić information content (AvgIpc) is 2.20. The number of morpholine rings is 1. The lowest BCUT2D eigenvalue weighted by Crippen LogP contribution is -2.34. The van der Waals surface area contributed by atoms with Crippen molar-refractivity contribution in [3.8, 4) is 0 Å². The van der Waals surface area contributed by atoms with E-state index in [1.54, 1.807) is 12.3 Å². The number of nitrogens with one attached hydrogen (secondary N) is 1. The van der Waals surface area contributed by atoms with Crippen LogP contribution in [0.3, 0.4) is 0 Å². The van der Waals surface area contributed by atoms with E-state index in [4.69, 9.17) is 16.3 Å². The van der Waals surface area contributed by atoms with Crippen LogP contribution in [0.2, 0.25) is 5.15 Å². The molecule has 0 bridgehead atoms. The Morgan fingerprint density at radius 2 is 2.36 bits per heavy atom. The maximum atomic E-state index is 5.69. The highest BCUT2D eigenvalue weighted by molar-refractivity contribution is 6.29. The minimum absolute atomic E-state index is 0. The molecule has 1 aromatic rings. The van der Waals surface area contributed by atoms with Gasteiger partial charge in [-0.15, -0.1) is 12.4 Å². The fourth-order valence-corrected chi connectivity index (χ4v) is 1.48. The standard InChI is InChI=1S/C9H11ClN2O.ClH/c10-9-2-1-7(5-12-9)8-6-13-4-3-11-8;/h1-2,5,8,11H,3-4,6H2;1H/t8-;/m1./s1. The lowest BCUT2D eigenvalue weighted by molar-refractivity contribution is 0.0768. The first kappa shape index (κ1) is 11.7. The number of hydrogen-bond acceptors (Lipinski definition) is 3. The second kappa shape index (κ2) is 5.51. The molecule has 1 saturated heterocycles. The maximum Gasteiger partial charge on any atom is 0.129 e. The molecule has 1 aliphatic rings. The fourth-order valence-electron chi connectivity index (χ4n) is 1.37. The molecule has 3 nitrogen and oxygen atoms in total. The van der Waals surface area contributed by atoms with E-state index in [-0.39, 0.29) is 18.4 Å². The summed E-state index contributed by atoms with van der Waals surface area (Å²) in [5.41, 5.74) is 1.13. The van der Waals surface area contributed by atoms with Crippen molar-refractivity contribution in [3.63, 3.8) is 0 Å². The molecule has 1 aliphatic heterocycles. The molecule has 0 saturated carbocycles. The van der Waals surface area contributed by atoms with Crippen LogP contribution in [0.25, 0.3) is 0 Å². The van der Waals surface area contributed by atoms with Gasteiger partial charge in [-0.2, -0.15) is 0 Å². The molecule has 0 amide bonds. The Morgan fingerprint density at radius 1 is 1.50 bits per heavy atom. The predicted molar refractivity (Wildman–Crippen MR) is 58.1 cm³/mol. The fraction of sp³-hybridized carbons (Fsp3) is 0.444. The maximum absolute atomic E-state index is 5.69. The van der Waals surface area contributed by atoms with Gasteiger partial charge in [0.2, 0.25) is 0 Å². The van der Waals surface area contributed by atoms with Gasteiger partial charge in [-0.3, -0.25) is 0 Å². The van der Waals surface area contributed by atoms with Crippen molar-refractivity contribution in [1.29, 1.82) is 0 Å². The zero-order valence-electron chi connectivity index (χ0n) is 7.57. The molecule has 78 valence electrons. The SMILES string of the molecule is Cl.Clc1ccc([C@H]2COCCN2)cn1. The summed E-state index contributed by atoms with van der Waals surface area (Å²) in [6, 6.07) is 4.04. The summed E-state index contributed by atoms with van der Waals surface area (Å²) in [5, 5.41) is 3.87. The monoisotopic (exact) mass is 234 g/mol. The van der Waals surface area contributed by atoms with Crippen LogP contribution in [-0.4, -0.2) is 24.7 Å². The first-order chi connectivity index (χ1) is 6.36. The summed E-state index contributed by atoms with van der Waals surface area (Å²) in [6.07, 6.45) is 1.79. The number of halogens is 2. The third-order valence-electron chi connectivity index (χ3n) is 2.07. The highest BCUT2D eigenvalue weighted by Gasteiger charge is 2.14. The second-order valence-corrected chi connectivity index (χ2v) is 3.38. The van der Waals surface area contributed by atoms with Crippen LogP contribution >= 0.6 is 24.0 Å². The van der Waals surface area contributed by atoms with Gasteiger partial charge in [-0.25, -0.2) is 4.98 Å². The van der Waals surface area contributed by atoms with E-state index in [1.165, 1.54) is 0 Å². The highest BCUT2D eigenvalue weighted by Crippen LogP contribution is 2.15. The van der Waals surface area contributed by atoms with Gasteiger partial charge in [-0.05, 0) is 11.6 Å². The van der Waals surface area contributed by atoms with Crippen LogP contribution in [0.1, 0.15) is 11.6 Å². The zero-order chi connectivity index (χ0) is 9.10. The lowest BCUT2D eigenvalue weighted by atomic mass is 10.1. The van der Waals surface area contributed by atoms with Crippen molar-refractivity contribution in [2.24, 2.45) is 0 Å². The molecule has 1 N–H and O–H groups in total. The summed E-state index contributed by atoms with van der Waals surface area (Å²) in [6.45, 7) is 2.40. The molecule has 0 aromatic carbocycles. The molecular formula is C9H12Cl2N2O. The molecule has 1 aromatic heterocycles. The molecule has 0 aliphatic carbocycles. The number of hydrogen-bond donors (Lipinski definition) is 1. The van der Waals surface area contributed by atoms with Crippen molar-refractivity contribution in [3.05, 3.63) is 29.0 Å². The van der Waals surface area contributed by atoms with Crippen molar-refractivity contribution in [2.45, 2.75) is 6.04 Å². The van der Waals surface area contributed by atoms with Crippen LogP contribution in [0.15, 0.2) is 18.3 Å². The second-order valence-electron chi connectivity index (χ2n) is 3.00. The number of ether oxygens (including phenoxy) is 1. The van der Waals surface area contributed by atoms with E-state index in [0.717, 1.165) is 18.7 Å². The molecule has 14 heavy (non-hydrogen) atoms.